The molecule has 0 N–H and O–H groups in total. The van der Waals surface area contributed by atoms with Gasteiger partial charge in [0, 0.05) is 16.6 Å². The van der Waals surface area contributed by atoms with E-state index in [1.54, 1.807) is 0 Å². The smallest absolute Gasteiger partial charge is 0.190 e. The Morgan fingerprint density at radius 2 is 1.70 bits per heavy atom. The summed E-state index contributed by atoms with van der Waals surface area (Å²) in [4.78, 5) is 41.3. The fourth-order valence-corrected chi connectivity index (χ4v) is 8.50. The van der Waals surface area contributed by atoms with Gasteiger partial charge >= 0.3 is 0 Å². The molecule has 0 spiro atoms. The average Bonchev–Trinajstić information content (AvgIpc) is 3.30. The Morgan fingerprint density at radius 1 is 1.03 bits per heavy atom. The fourth-order valence-electron chi connectivity index (χ4n) is 8.50. The maximum Gasteiger partial charge on any atom is 0.190 e. The van der Waals surface area contributed by atoms with Crippen molar-refractivity contribution in [3.63, 3.8) is 0 Å². The first-order valence-corrected chi connectivity index (χ1v) is 13.7. The van der Waals surface area contributed by atoms with Gasteiger partial charge in [0.05, 0.1) is 11.0 Å². The number of hydrogen-bond acceptors (Lipinski definition) is 3. The Labute approximate surface area is 221 Å². The zero-order chi connectivity index (χ0) is 27.2. The van der Waals surface area contributed by atoms with Crippen LogP contribution in [0.3, 0.4) is 0 Å². The summed E-state index contributed by atoms with van der Waals surface area (Å²) in [7, 11) is 0. The van der Waals surface area contributed by atoms with Crippen molar-refractivity contribution >= 4 is 22.9 Å². The van der Waals surface area contributed by atoms with Crippen LogP contribution in [0, 0.1) is 23.2 Å². The van der Waals surface area contributed by atoms with Crippen LogP contribution >= 0.6 is 0 Å². The Bertz CT molecular complexity index is 1420. The molecule has 3 nitrogen and oxygen atoms in total. The molecule has 0 bridgehead atoms. The van der Waals surface area contributed by atoms with Gasteiger partial charge in [-0.05, 0) is 99.5 Å². The van der Waals surface area contributed by atoms with Gasteiger partial charge in [-0.3, -0.25) is 14.4 Å². The Hall–Kier alpha value is -2.81. The van der Waals surface area contributed by atoms with Crippen molar-refractivity contribution in [2.24, 2.45) is 16.2 Å². The van der Waals surface area contributed by atoms with E-state index in [4.69, 9.17) is 0 Å². The second-order valence-electron chi connectivity index (χ2n) is 13.1. The first-order valence-electron chi connectivity index (χ1n) is 13.7. The third-order valence-electron chi connectivity index (χ3n) is 10.3. The van der Waals surface area contributed by atoms with Crippen molar-refractivity contribution in [2.45, 2.75) is 93.9 Å². The molecule has 0 amide bonds. The summed E-state index contributed by atoms with van der Waals surface area (Å²) in [5.74, 6) is 0.112. The van der Waals surface area contributed by atoms with Crippen LogP contribution in [0.15, 0.2) is 46.6 Å². The lowest BCUT2D eigenvalue weighted by atomic mass is 9.42. The maximum atomic E-state index is 14.7. The predicted molar refractivity (Wildman–Crippen MR) is 150 cm³/mol. The summed E-state index contributed by atoms with van der Waals surface area (Å²) in [6.07, 6.45) is 9.54. The first-order chi connectivity index (χ1) is 17.2. The van der Waals surface area contributed by atoms with Crippen molar-refractivity contribution in [1.29, 1.82) is 0 Å². The topological polar surface area (TPSA) is 51.2 Å². The molecule has 0 aliphatic heterocycles. The van der Waals surface area contributed by atoms with Crippen LogP contribution in [0.5, 0.6) is 0 Å². The summed E-state index contributed by atoms with van der Waals surface area (Å²) < 4.78 is 0. The van der Waals surface area contributed by atoms with E-state index in [1.807, 2.05) is 20.8 Å². The molecule has 4 aliphatic rings. The predicted octanol–water partition coefficient (Wildman–Crippen LogP) is 7.82. The molecule has 0 saturated carbocycles. The molecular weight excluding hydrogens is 456 g/mol. The highest BCUT2D eigenvalue weighted by atomic mass is 16.2. The van der Waals surface area contributed by atoms with Crippen LogP contribution in [-0.4, -0.2) is 17.3 Å². The van der Waals surface area contributed by atoms with E-state index < -0.39 is 5.41 Å². The molecule has 3 unspecified atom stereocenters. The summed E-state index contributed by atoms with van der Waals surface area (Å²) >= 11 is 0. The Kier molecular flexibility index (Phi) is 5.65. The minimum absolute atomic E-state index is 0.0841. The first kappa shape index (κ1) is 25.8. The second kappa shape index (κ2) is 8.09. The summed E-state index contributed by atoms with van der Waals surface area (Å²) in [5, 5.41) is 0. The SMILES string of the molecule is CC(=O)C1=C(C)CC2(C)CC3(C)Cc4c(C(C)C)cc(C5=CC=CC5)c(C)c4C(=O)C3=C(C)C2(C)C1=O. The minimum atomic E-state index is -0.875. The van der Waals surface area contributed by atoms with Crippen molar-refractivity contribution in [3.8, 4) is 0 Å². The van der Waals surface area contributed by atoms with E-state index in [-0.39, 0.29) is 28.2 Å². The van der Waals surface area contributed by atoms with Crippen molar-refractivity contribution in [1.82, 2.24) is 0 Å². The van der Waals surface area contributed by atoms with Crippen LogP contribution in [-0.2, 0) is 16.0 Å². The quantitative estimate of drug-likeness (QED) is 0.401. The summed E-state index contributed by atoms with van der Waals surface area (Å²) in [5.41, 5.74) is 8.09. The molecule has 0 radical (unpaired) electrons. The average molecular weight is 497 g/mol. The largest absolute Gasteiger partial charge is 0.294 e. The second-order valence-corrected chi connectivity index (χ2v) is 13.1. The third kappa shape index (κ3) is 3.28. The monoisotopic (exact) mass is 496 g/mol. The summed E-state index contributed by atoms with van der Waals surface area (Å²) in [6, 6.07) is 2.33. The van der Waals surface area contributed by atoms with Gasteiger partial charge in [0.1, 0.15) is 0 Å². The number of carbonyl (C=O) groups is 3. The number of hydrogen-bond donors (Lipinski definition) is 0. The molecule has 0 heterocycles. The molecule has 4 aliphatic carbocycles. The minimum Gasteiger partial charge on any atom is -0.294 e. The van der Waals surface area contributed by atoms with E-state index >= 15 is 0 Å². The van der Waals surface area contributed by atoms with Gasteiger partial charge in [-0.2, -0.15) is 0 Å². The zero-order valence-electron chi connectivity index (χ0n) is 23.9. The van der Waals surface area contributed by atoms with Gasteiger partial charge in [-0.15, -0.1) is 0 Å². The Morgan fingerprint density at radius 3 is 2.27 bits per heavy atom. The fraction of sp³-hybridized carbons (Fsp3) is 0.500. The zero-order valence-corrected chi connectivity index (χ0v) is 23.9. The summed E-state index contributed by atoms with van der Waals surface area (Å²) in [6.45, 7) is 18.4. The van der Waals surface area contributed by atoms with Gasteiger partial charge in [-0.25, -0.2) is 0 Å². The third-order valence-corrected chi connectivity index (χ3v) is 10.3. The Balaban J connectivity index is 1.79. The van der Waals surface area contributed by atoms with Crippen molar-refractivity contribution in [3.05, 3.63) is 74.4 Å². The standard InChI is InChI=1S/C34H40O3/c1-18(2)24-14-25(23-12-10-11-13-23)20(4)28-26(24)16-32(7)17-33(8)15-19(3)27(22(6)35)31(37)34(33,9)21(5)29(32)30(28)36/h10-12,14,18H,13,15-17H2,1-9H3. The lowest BCUT2D eigenvalue weighted by molar-refractivity contribution is -0.134. The molecule has 5 rings (SSSR count). The number of rotatable bonds is 3. The van der Waals surface area contributed by atoms with Gasteiger partial charge in [0.25, 0.3) is 0 Å². The van der Waals surface area contributed by atoms with Crippen LogP contribution < -0.4 is 0 Å². The highest BCUT2D eigenvalue weighted by Crippen LogP contribution is 2.66. The van der Waals surface area contributed by atoms with Crippen LogP contribution in [0.4, 0.5) is 0 Å². The number of benzene rings is 1. The van der Waals surface area contributed by atoms with Crippen LogP contribution in [0.1, 0.15) is 113 Å². The van der Waals surface area contributed by atoms with Gasteiger partial charge in [0.15, 0.2) is 17.3 Å². The number of Topliss-reactive ketones (excluding diaryl/α,β-unsaturated/α-hetero) is 3. The molecule has 1 aromatic carbocycles. The molecule has 0 saturated heterocycles. The molecule has 1 aromatic rings. The molecule has 194 valence electrons. The maximum absolute atomic E-state index is 14.7. The van der Waals surface area contributed by atoms with Gasteiger partial charge in [0.2, 0.25) is 0 Å². The highest BCUT2D eigenvalue weighted by molar-refractivity contribution is 6.24. The van der Waals surface area contributed by atoms with Crippen LogP contribution in [0.2, 0.25) is 0 Å². The molecule has 3 atom stereocenters. The molecule has 37 heavy (non-hydrogen) atoms. The lowest BCUT2D eigenvalue weighted by Crippen LogP contribution is -2.57. The molecule has 0 fully saturated rings. The van der Waals surface area contributed by atoms with E-state index in [1.165, 1.54) is 29.2 Å². The van der Waals surface area contributed by atoms with E-state index in [0.29, 0.717) is 17.9 Å². The number of allylic oxidation sites excluding steroid dienone is 8. The number of carbonyl (C=O) groups excluding carboxylic acids is 3. The van der Waals surface area contributed by atoms with Crippen molar-refractivity contribution in [2.75, 3.05) is 0 Å². The molecule has 3 heteroatoms. The molecule has 0 aromatic heterocycles. The van der Waals surface area contributed by atoms with Gasteiger partial charge < -0.3 is 0 Å². The number of fused-ring (bicyclic) bond motifs is 3. The normalized spacial score (nSPS) is 31.0. The molecular formula is C34H40O3. The van der Waals surface area contributed by atoms with E-state index in [2.05, 4.69) is 58.9 Å². The highest BCUT2D eigenvalue weighted by Gasteiger charge is 2.63. The van der Waals surface area contributed by atoms with Crippen molar-refractivity contribution < 1.29 is 14.4 Å². The van der Waals surface area contributed by atoms with E-state index in [9.17, 15) is 14.4 Å². The lowest BCUT2D eigenvalue weighted by Gasteiger charge is -2.59. The van der Waals surface area contributed by atoms with E-state index in [0.717, 1.165) is 47.1 Å². The van der Waals surface area contributed by atoms with Gasteiger partial charge in [-0.1, -0.05) is 63.1 Å². The number of ketones is 3. The van der Waals surface area contributed by atoms with Crippen LogP contribution in [0.25, 0.3) is 5.57 Å².